The molecule has 29 heavy (non-hydrogen) atoms. The molecular weight excluding hydrogens is 395 g/mol. The van der Waals surface area contributed by atoms with Crippen molar-refractivity contribution in [2.75, 3.05) is 32.5 Å². The van der Waals surface area contributed by atoms with Crippen LogP contribution in [0.4, 0.5) is 10.2 Å². The molecule has 3 rings (SSSR count). The highest BCUT2D eigenvalue weighted by Gasteiger charge is 2.20. The first-order chi connectivity index (χ1) is 13.8. The molecule has 7 nitrogen and oxygen atoms in total. The van der Waals surface area contributed by atoms with Crippen LogP contribution in [0, 0.1) is 5.82 Å². The Kier molecular flexibility index (Phi) is 6.19. The lowest BCUT2D eigenvalue weighted by atomic mass is 10.1. The largest absolute Gasteiger partial charge is 0.494 e. The van der Waals surface area contributed by atoms with Crippen molar-refractivity contribution in [3.05, 3.63) is 60.5 Å². The van der Waals surface area contributed by atoms with Crippen LogP contribution in [0.15, 0.2) is 59.6 Å². The number of benzene rings is 2. The Morgan fingerprint density at radius 2 is 1.90 bits per heavy atom. The van der Waals surface area contributed by atoms with Gasteiger partial charge in [0.05, 0.1) is 18.6 Å². The minimum Gasteiger partial charge on any atom is -0.494 e. The van der Waals surface area contributed by atoms with Crippen molar-refractivity contribution in [2.24, 2.45) is 0 Å². The van der Waals surface area contributed by atoms with E-state index >= 15 is 0 Å². The number of nitrogens with zero attached hydrogens (tertiary/aromatic N) is 3. The summed E-state index contributed by atoms with van der Waals surface area (Å²) in [5, 5.41) is 4.39. The van der Waals surface area contributed by atoms with Gasteiger partial charge >= 0.3 is 0 Å². The zero-order valence-electron chi connectivity index (χ0n) is 16.5. The van der Waals surface area contributed by atoms with Gasteiger partial charge in [0.15, 0.2) is 17.4 Å². The molecule has 0 unspecified atom stereocenters. The molecule has 0 spiro atoms. The highest BCUT2D eigenvalue weighted by molar-refractivity contribution is 7.92. The van der Waals surface area contributed by atoms with Crippen LogP contribution < -0.4 is 9.46 Å². The summed E-state index contributed by atoms with van der Waals surface area (Å²) in [5.74, 6) is -0.291. The summed E-state index contributed by atoms with van der Waals surface area (Å²) in [6.07, 6.45) is 1.70. The van der Waals surface area contributed by atoms with E-state index < -0.39 is 15.8 Å². The van der Waals surface area contributed by atoms with Crippen molar-refractivity contribution in [3.63, 3.8) is 0 Å². The Morgan fingerprint density at radius 3 is 2.52 bits per heavy atom. The number of sulfonamides is 1. The predicted molar refractivity (Wildman–Crippen MR) is 110 cm³/mol. The summed E-state index contributed by atoms with van der Waals surface area (Å²) < 4.78 is 48.9. The van der Waals surface area contributed by atoms with Crippen molar-refractivity contribution in [2.45, 2.75) is 11.4 Å². The van der Waals surface area contributed by atoms with Crippen LogP contribution in [-0.2, 0) is 16.6 Å². The number of ether oxygens (including phenoxy) is 1. The highest BCUT2D eigenvalue weighted by atomic mass is 32.2. The first-order valence-corrected chi connectivity index (χ1v) is 10.4. The maximum absolute atomic E-state index is 14.2. The van der Waals surface area contributed by atoms with Crippen LogP contribution >= 0.6 is 0 Å². The molecule has 0 saturated heterocycles. The molecule has 0 saturated carbocycles. The molecule has 3 aromatic rings. The molecule has 0 amide bonds. The van der Waals surface area contributed by atoms with Gasteiger partial charge in [0.1, 0.15) is 0 Å². The number of hydrogen-bond donors (Lipinski definition) is 1. The topological polar surface area (TPSA) is 76.5 Å². The van der Waals surface area contributed by atoms with E-state index in [0.29, 0.717) is 24.2 Å². The zero-order valence-corrected chi connectivity index (χ0v) is 17.3. The van der Waals surface area contributed by atoms with Gasteiger partial charge in [-0.15, -0.1) is 0 Å². The standard InChI is InChI=1S/C20H23FN4O3S/c1-24(2)11-12-25-14-17(15-9-10-19(28-3)18(21)13-15)20(22-25)23-29(26,27)16-7-5-4-6-8-16/h4-10,13-14H,11-12H2,1-3H3,(H,22,23). The molecular formula is C20H23FN4O3S. The summed E-state index contributed by atoms with van der Waals surface area (Å²) >= 11 is 0. The molecule has 0 aliphatic carbocycles. The van der Waals surface area contributed by atoms with Crippen molar-refractivity contribution < 1.29 is 17.5 Å². The van der Waals surface area contributed by atoms with Gasteiger partial charge in [-0.25, -0.2) is 12.8 Å². The van der Waals surface area contributed by atoms with Crippen LogP contribution in [-0.4, -0.2) is 50.8 Å². The van der Waals surface area contributed by atoms with Gasteiger partial charge in [0.25, 0.3) is 10.0 Å². The third-order valence-electron chi connectivity index (χ3n) is 4.29. The maximum atomic E-state index is 14.2. The zero-order chi connectivity index (χ0) is 21.0. The second-order valence-corrected chi connectivity index (χ2v) is 8.41. The average Bonchev–Trinajstić information content (AvgIpc) is 3.09. The van der Waals surface area contributed by atoms with Gasteiger partial charge in [-0.2, -0.15) is 5.10 Å². The lowest BCUT2D eigenvalue weighted by Crippen LogP contribution is -2.19. The average molecular weight is 418 g/mol. The second-order valence-electron chi connectivity index (χ2n) is 6.73. The number of hydrogen-bond acceptors (Lipinski definition) is 5. The molecule has 1 heterocycles. The van der Waals surface area contributed by atoms with E-state index in [1.807, 2.05) is 19.0 Å². The molecule has 0 atom stereocenters. The minimum absolute atomic E-state index is 0.111. The van der Waals surface area contributed by atoms with Crippen LogP contribution in [0.2, 0.25) is 0 Å². The van der Waals surface area contributed by atoms with Gasteiger partial charge in [0, 0.05) is 18.3 Å². The number of nitrogens with one attached hydrogen (secondary N) is 1. The van der Waals surface area contributed by atoms with E-state index in [9.17, 15) is 12.8 Å². The predicted octanol–water partition coefficient (Wildman–Crippen LogP) is 3.06. The highest BCUT2D eigenvalue weighted by Crippen LogP contribution is 2.31. The molecule has 1 N–H and O–H groups in total. The molecule has 154 valence electrons. The van der Waals surface area contributed by atoms with E-state index in [0.717, 1.165) is 0 Å². The van der Waals surface area contributed by atoms with E-state index in [1.54, 1.807) is 35.1 Å². The fourth-order valence-electron chi connectivity index (χ4n) is 2.74. The Morgan fingerprint density at radius 1 is 1.17 bits per heavy atom. The number of anilines is 1. The normalized spacial score (nSPS) is 11.6. The van der Waals surface area contributed by atoms with Gasteiger partial charge in [0.2, 0.25) is 0 Å². The smallest absolute Gasteiger partial charge is 0.263 e. The van der Waals surface area contributed by atoms with Crippen molar-refractivity contribution in [1.82, 2.24) is 14.7 Å². The molecule has 0 aliphatic rings. The van der Waals surface area contributed by atoms with Gasteiger partial charge < -0.3 is 9.64 Å². The van der Waals surface area contributed by atoms with Crippen LogP contribution in [0.5, 0.6) is 5.75 Å². The Labute approximate surface area is 169 Å². The number of rotatable bonds is 8. The third-order valence-corrected chi connectivity index (χ3v) is 5.64. The molecule has 0 radical (unpaired) electrons. The van der Waals surface area contributed by atoms with Crippen LogP contribution in [0.1, 0.15) is 0 Å². The fourth-order valence-corrected chi connectivity index (χ4v) is 3.78. The van der Waals surface area contributed by atoms with Crippen molar-refractivity contribution in [3.8, 4) is 16.9 Å². The third kappa shape index (κ3) is 4.93. The molecule has 0 fully saturated rings. The monoisotopic (exact) mass is 418 g/mol. The fraction of sp³-hybridized carbons (Fsp3) is 0.250. The van der Waals surface area contributed by atoms with E-state index in [4.69, 9.17) is 4.74 Å². The summed E-state index contributed by atoms with van der Waals surface area (Å²) in [4.78, 5) is 2.11. The van der Waals surface area contributed by atoms with Crippen LogP contribution in [0.3, 0.4) is 0 Å². The lowest BCUT2D eigenvalue weighted by Gasteiger charge is -2.09. The number of halogens is 1. The number of methoxy groups -OCH3 is 1. The Balaban J connectivity index is 2.01. The van der Waals surface area contributed by atoms with Gasteiger partial charge in [-0.3, -0.25) is 9.40 Å². The quantitative estimate of drug-likeness (QED) is 0.609. The van der Waals surface area contributed by atoms with E-state index in [1.165, 1.54) is 31.4 Å². The Bertz CT molecular complexity index is 1080. The van der Waals surface area contributed by atoms with Gasteiger partial charge in [-0.1, -0.05) is 24.3 Å². The summed E-state index contributed by atoms with van der Waals surface area (Å²) in [6.45, 7) is 1.26. The second kappa shape index (κ2) is 8.62. The molecule has 9 heteroatoms. The first kappa shape index (κ1) is 20.8. The Hall–Kier alpha value is -2.91. The summed E-state index contributed by atoms with van der Waals surface area (Å²) in [5.41, 5.74) is 0.968. The number of likely N-dealkylation sites (N-methyl/N-ethyl adjacent to an activating group) is 1. The minimum atomic E-state index is -3.84. The summed E-state index contributed by atoms with van der Waals surface area (Å²) in [6, 6.07) is 12.5. The summed E-state index contributed by atoms with van der Waals surface area (Å²) in [7, 11) is 1.41. The van der Waals surface area contributed by atoms with Gasteiger partial charge in [-0.05, 0) is 43.9 Å². The number of aromatic nitrogens is 2. The molecule has 0 aliphatic heterocycles. The first-order valence-electron chi connectivity index (χ1n) is 8.94. The SMILES string of the molecule is COc1ccc(-c2cn(CCN(C)C)nc2NS(=O)(=O)c2ccccc2)cc1F. The molecule has 2 aromatic carbocycles. The van der Waals surface area contributed by atoms with Crippen molar-refractivity contribution >= 4 is 15.8 Å². The molecule has 0 bridgehead atoms. The van der Waals surface area contributed by atoms with E-state index in [-0.39, 0.29) is 16.5 Å². The molecule has 1 aromatic heterocycles. The maximum Gasteiger partial charge on any atom is 0.263 e. The lowest BCUT2D eigenvalue weighted by molar-refractivity contribution is 0.373. The van der Waals surface area contributed by atoms with E-state index in [2.05, 4.69) is 9.82 Å². The van der Waals surface area contributed by atoms with Crippen LogP contribution in [0.25, 0.3) is 11.1 Å². The van der Waals surface area contributed by atoms with Crippen molar-refractivity contribution in [1.29, 1.82) is 0 Å².